The van der Waals surface area contributed by atoms with Gasteiger partial charge in [0.1, 0.15) is 11.0 Å². The molecule has 2 aromatic rings. The van der Waals surface area contributed by atoms with Crippen molar-refractivity contribution in [2.75, 3.05) is 6.54 Å². The zero-order valence-corrected chi connectivity index (χ0v) is 13.6. The third-order valence-corrected chi connectivity index (χ3v) is 3.60. The number of allylic oxidation sites excluding steroid dienone is 1. The number of nitrogens with one attached hydrogen (secondary N) is 1. The first-order valence-electron chi connectivity index (χ1n) is 7.40. The zero-order chi connectivity index (χ0) is 16.5. The van der Waals surface area contributed by atoms with E-state index in [1.165, 1.54) is 11.8 Å². The van der Waals surface area contributed by atoms with E-state index in [0.29, 0.717) is 23.1 Å². The van der Waals surface area contributed by atoms with E-state index < -0.39 is 0 Å². The summed E-state index contributed by atoms with van der Waals surface area (Å²) < 4.78 is 0. The smallest absolute Gasteiger partial charge is 0.140 e. The average Bonchev–Trinajstić information content (AvgIpc) is 2.57. The van der Waals surface area contributed by atoms with Crippen molar-refractivity contribution in [3.8, 4) is 0 Å². The first-order valence-corrected chi connectivity index (χ1v) is 7.77. The first-order chi connectivity index (χ1) is 11.2. The van der Waals surface area contributed by atoms with Crippen LogP contribution in [0, 0.1) is 0 Å². The normalized spacial score (nSPS) is 12.5. The SMILES string of the molecule is C=C/N=C(Cl)\C(=C(/N)NCCc1ccccc1)c1ccccc1. The Morgan fingerprint density at radius 2 is 1.70 bits per heavy atom. The van der Waals surface area contributed by atoms with Crippen molar-refractivity contribution < 1.29 is 0 Å². The molecule has 0 amide bonds. The summed E-state index contributed by atoms with van der Waals surface area (Å²) in [6.45, 7) is 4.29. The lowest BCUT2D eigenvalue weighted by Gasteiger charge is -2.13. The highest BCUT2D eigenvalue weighted by atomic mass is 35.5. The fraction of sp³-hybridized carbons (Fsp3) is 0.105. The molecule has 0 radical (unpaired) electrons. The highest BCUT2D eigenvalue weighted by Crippen LogP contribution is 2.20. The van der Waals surface area contributed by atoms with Crippen LogP contribution in [-0.2, 0) is 6.42 Å². The van der Waals surface area contributed by atoms with E-state index in [1.54, 1.807) is 0 Å². The molecule has 0 bridgehead atoms. The predicted molar refractivity (Wildman–Crippen MR) is 99.2 cm³/mol. The molecule has 23 heavy (non-hydrogen) atoms. The van der Waals surface area contributed by atoms with Gasteiger partial charge < -0.3 is 11.1 Å². The van der Waals surface area contributed by atoms with Crippen molar-refractivity contribution >= 4 is 22.3 Å². The van der Waals surface area contributed by atoms with Crippen molar-refractivity contribution in [3.05, 3.63) is 90.4 Å². The van der Waals surface area contributed by atoms with Crippen LogP contribution in [0.4, 0.5) is 0 Å². The largest absolute Gasteiger partial charge is 0.385 e. The summed E-state index contributed by atoms with van der Waals surface area (Å²) in [5.74, 6) is 0.503. The number of rotatable bonds is 7. The van der Waals surface area contributed by atoms with Crippen LogP contribution in [0.5, 0.6) is 0 Å². The zero-order valence-electron chi connectivity index (χ0n) is 12.9. The number of nitrogens with zero attached hydrogens (tertiary/aromatic N) is 1. The molecule has 0 saturated heterocycles. The minimum Gasteiger partial charge on any atom is -0.385 e. The van der Waals surface area contributed by atoms with Gasteiger partial charge in [-0.2, -0.15) is 0 Å². The van der Waals surface area contributed by atoms with E-state index in [0.717, 1.165) is 12.0 Å². The summed E-state index contributed by atoms with van der Waals surface area (Å²) in [6, 6.07) is 19.9. The number of benzene rings is 2. The fourth-order valence-electron chi connectivity index (χ4n) is 2.21. The lowest BCUT2D eigenvalue weighted by atomic mass is 10.1. The Labute approximate surface area is 142 Å². The summed E-state index contributed by atoms with van der Waals surface area (Å²) in [5, 5.41) is 3.54. The molecule has 118 valence electrons. The first kappa shape index (κ1) is 16.8. The predicted octanol–water partition coefficient (Wildman–Crippen LogP) is 3.93. The molecule has 0 unspecified atom stereocenters. The van der Waals surface area contributed by atoms with Gasteiger partial charge >= 0.3 is 0 Å². The molecule has 0 aliphatic heterocycles. The second-order valence-corrected chi connectivity index (χ2v) is 5.28. The minimum absolute atomic E-state index is 0.316. The standard InChI is InChI=1S/C19H20ClN3/c1-2-22-18(20)17(16-11-7-4-8-12-16)19(21)23-14-13-15-9-5-3-6-10-15/h2-12,23H,1,13-14,21H2/b19-17+,22-18+. The molecule has 0 heterocycles. The minimum atomic E-state index is 0.316. The molecular weight excluding hydrogens is 306 g/mol. The maximum Gasteiger partial charge on any atom is 0.140 e. The van der Waals surface area contributed by atoms with Crippen LogP contribution >= 0.6 is 11.6 Å². The molecule has 3 N–H and O–H groups in total. The fourth-order valence-corrected chi connectivity index (χ4v) is 2.49. The lowest BCUT2D eigenvalue weighted by molar-refractivity contribution is 0.782. The van der Waals surface area contributed by atoms with E-state index in [4.69, 9.17) is 17.3 Å². The molecule has 0 aliphatic carbocycles. The van der Waals surface area contributed by atoms with Gasteiger partial charge in [0.2, 0.25) is 0 Å². The number of aliphatic imine (C=N–C) groups is 1. The van der Waals surface area contributed by atoms with Crippen molar-refractivity contribution in [1.29, 1.82) is 0 Å². The van der Waals surface area contributed by atoms with Crippen LogP contribution in [0.15, 0.2) is 84.3 Å². The number of hydrogen-bond donors (Lipinski definition) is 2. The Hall–Kier alpha value is -2.52. The molecule has 3 nitrogen and oxygen atoms in total. The van der Waals surface area contributed by atoms with Crippen LogP contribution in [0.2, 0.25) is 0 Å². The Balaban J connectivity index is 2.17. The van der Waals surface area contributed by atoms with E-state index in [1.807, 2.05) is 48.5 Å². The quantitative estimate of drug-likeness (QED) is 0.758. The van der Waals surface area contributed by atoms with Gasteiger partial charge in [0.15, 0.2) is 0 Å². The van der Waals surface area contributed by atoms with E-state index in [9.17, 15) is 0 Å². The van der Waals surface area contributed by atoms with Crippen LogP contribution in [0.1, 0.15) is 11.1 Å². The van der Waals surface area contributed by atoms with Gasteiger partial charge in [-0.3, -0.25) is 0 Å². The molecule has 0 spiro atoms. The van der Waals surface area contributed by atoms with Crippen molar-refractivity contribution in [1.82, 2.24) is 5.32 Å². The van der Waals surface area contributed by atoms with Gasteiger partial charge in [0.05, 0.1) is 5.57 Å². The molecular formula is C19H20ClN3. The summed E-state index contributed by atoms with van der Waals surface area (Å²) in [6.07, 6.45) is 2.28. The Morgan fingerprint density at radius 3 is 2.30 bits per heavy atom. The van der Waals surface area contributed by atoms with Crippen LogP contribution in [0.25, 0.3) is 5.57 Å². The number of halogens is 1. The molecule has 0 atom stereocenters. The third kappa shape index (κ3) is 5.01. The van der Waals surface area contributed by atoms with Gasteiger partial charge in [-0.25, -0.2) is 4.99 Å². The van der Waals surface area contributed by atoms with Gasteiger partial charge in [-0.1, -0.05) is 78.8 Å². The topological polar surface area (TPSA) is 50.4 Å². The molecule has 2 rings (SSSR count). The maximum absolute atomic E-state index is 6.27. The van der Waals surface area contributed by atoms with Crippen molar-refractivity contribution in [2.45, 2.75) is 6.42 Å². The number of nitrogens with two attached hydrogens (primary N) is 1. The second kappa shape index (κ2) is 8.81. The summed E-state index contributed by atoms with van der Waals surface area (Å²) in [5.41, 5.74) is 9.05. The van der Waals surface area contributed by atoms with Gasteiger partial charge in [-0.15, -0.1) is 0 Å². The lowest BCUT2D eigenvalue weighted by Crippen LogP contribution is -2.25. The van der Waals surface area contributed by atoms with E-state index >= 15 is 0 Å². The maximum atomic E-state index is 6.27. The molecule has 4 heteroatoms. The average molecular weight is 326 g/mol. The highest BCUT2D eigenvalue weighted by Gasteiger charge is 2.12. The van der Waals surface area contributed by atoms with Crippen LogP contribution < -0.4 is 11.1 Å². The molecule has 0 saturated carbocycles. The van der Waals surface area contributed by atoms with E-state index in [2.05, 4.69) is 29.0 Å². The summed E-state index contributed by atoms with van der Waals surface area (Å²) in [4.78, 5) is 4.06. The van der Waals surface area contributed by atoms with Gasteiger partial charge in [-0.05, 0) is 17.5 Å². The monoisotopic (exact) mass is 325 g/mol. The Morgan fingerprint density at radius 1 is 1.09 bits per heavy atom. The Kier molecular flexibility index (Phi) is 6.45. The van der Waals surface area contributed by atoms with Gasteiger partial charge in [0.25, 0.3) is 0 Å². The van der Waals surface area contributed by atoms with Crippen LogP contribution in [-0.4, -0.2) is 11.7 Å². The van der Waals surface area contributed by atoms with Crippen molar-refractivity contribution in [3.63, 3.8) is 0 Å². The summed E-state index contributed by atoms with van der Waals surface area (Å²) >= 11 is 6.27. The van der Waals surface area contributed by atoms with Gasteiger partial charge in [0, 0.05) is 12.7 Å². The second-order valence-electron chi connectivity index (χ2n) is 4.92. The highest BCUT2D eigenvalue weighted by molar-refractivity contribution is 6.76. The van der Waals surface area contributed by atoms with Crippen LogP contribution in [0.3, 0.4) is 0 Å². The Bertz CT molecular complexity index is 691. The third-order valence-electron chi connectivity index (χ3n) is 3.31. The van der Waals surface area contributed by atoms with Crippen molar-refractivity contribution in [2.24, 2.45) is 10.7 Å². The molecule has 0 fully saturated rings. The molecule has 0 aliphatic rings. The number of hydrogen-bond acceptors (Lipinski definition) is 3. The molecule has 0 aromatic heterocycles. The van der Waals surface area contributed by atoms with E-state index in [-0.39, 0.29) is 0 Å². The molecule has 2 aromatic carbocycles. The summed E-state index contributed by atoms with van der Waals surface area (Å²) in [7, 11) is 0.